The molecule has 0 N–H and O–H groups in total. The van der Waals surface area contributed by atoms with Gasteiger partial charge in [-0.05, 0) is 24.3 Å². The zero-order chi connectivity index (χ0) is 13.9. The second kappa shape index (κ2) is 5.83. The third kappa shape index (κ3) is 2.44. The lowest BCUT2D eigenvalue weighted by molar-refractivity contribution is 0.571. The van der Waals surface area contributed by atoms with Crippen LogP contribution in [0.3, 0.4) is 0 Å². The van der Waals surface area contributed by atoms with Gasteiger partial charge in [0.2, 0.25) is 7.56 Å². The first kappa shape index (κ1) is 14.2. The van der Waals surface area contributed by atoms with E-state index in [0.29, 0.717) is 0 Å². The molecule has 0 saturated heterocycles. The maximum Gasteiger partial charge on any atom is 0.217 e. The fraction of sp³-hybridized carbons (Fsp3) is 0.250. The number of benzene rings is 2. The van der Waals surface area contributed by atoms with E-state index in [1.807, 2.05) is 0 Å². The second-order valence-electron chi connectivity index (χ2n) is 4.97. The Hall–Kier alpha value is -1.21. The van der Waals surface area contributed by atoms with Gasteiger partial charge < -0.3 is 0 Å². The summed E-state index contributed by atoms with van der Waals surface area (Å²) in [7, 11) is 7.02. The van der Waals surface area contributed by atoms with Crippen LogP contribution in [0.5, 0.6) is 0 Å². The summed E-state index contributed by atoms with van der Waals surface area (Å²) in [6.07, 6.45) is 0. The van der Waals surface area contributed by atoms with Gasteiger partial charge in [-0.1, -0.05) is 36.4 Å². The van der Waals surface area contributed by atoms with Crippen molar-refractivity contribution < 1.29 is 0 Å². The molecule has 2 aromatic carbocycles. The Morgan fingerprint density at radius 1 is 0.579 bits per heavy atom. The van der Waals surface area contributed by atoms with Crippen LogP contribution in [0.1, 0.15) is 0 Å². The van der Waals surface area contributed by atoms with E-state index in [-0.39, 0.29) is 0 Å². The van der Waals surface area contributed by atoms with Crippen molar-refractivity contribution in [2.24, 2.45) is 0 Å². The standard InChI is InChI=1S/C16H22N2P/c1-17(2)19(18(3)4,15-11-7-5-8-12-15)16-13-9-6-10-14-16/h5-14H,1-4H3/q+1. The van der Waals surface area contributed by atoms with Crippen molar-refractivity contribution in [2.75, 3.05) is 28.2 Å². The Bertz CT molecular complexity index is 459. The average Bonchev–Trinajstić information content (AvgIpc) is 2.41. The largest absolute Gasteiger partial charge is 0.217 e. The van der Waals surface area contributed by atoms with Crippen LogP contribution >= 0.6 is 7.56 Å². The molecule has 0 amide bonds. The molecule has 0 saturated carbocycles. The number of rotatable bonds is 4. The second-order valence-corrected chi connectivity index (χ2v) is 8.80. The van der Waals surface area contributed by atoms with Crippen LogP contribution in [-0.4, -0.2) is 37.5 Å². The Balaban J connectivity index is 2.69. The summed E-state index contributed by atoms with van der Waals surface area (Å²) in [6.45, 7) is 0. The van der Waals surface area contributed by atoms with Crippen molar-refractivity contribution in [3.05, 3.63) is 60.7 Å². The third-order valence-electron chi connectivity index (χ3n) is 3.39. The highest BCUT2D eigenvalue weighted by Crippen LogP contribution is 2.59. The van der Waals surface area contributed by atoms with Crippen LogP contribution in [-0.2, 0) is 0 Å². The van der Waals surface area contributed by atoms with Gasteiger partial charge in [-0.2, -0.15) is 9.34 Å². The highest BCUT2D eigenvalue weighted by atomic mass is 31.2. The van der Waals surface area contributed by atoms with Gasteiger partial charge in [0.25, 0.3) is 0 Å². The molecule has 2 rings (SSSR count). The SMILES string of the molecule is CN(C)[P+](c1ccccc1)(c1ccccc1)N(C)C. The van der Waals surface area contributed by atoms with Crippen LogP contribution in [0, 0.1) is 0 Å². The number of nitrogens with zero attached hydrogens (tertiary/aromatic N) is 2. The Morgan fingerprint density at radius 3 is 1.16 bits per heavy atom. The Kier molecular flexibility index (Phi) is 4.36. The molecule has 0 fully saturated rings. The quantitative estimate of drug-likeness (QED) is 0.790. The highest BCUT2D eigenvalue weighted by Gasteiger charge is 2.48. The molecule has 0 unspecified atom stereocenters. The van der Waals surface area contributed by atoms with E-state index >= 15 is 0 Å². The lowest BCUT2D eigenvalue weighted by atomic mass is 10.4. The molecule has 0 aromatic heterocycles. The summed E-state index contributed by atoms with van der Waals surface area (Å²) < 4.78 is 4.75. The third-order valence-corrected chi connectivity index (χ3v) is 7.74. The Labute approximate surface area is 117 Å². The molecule has 0 aliphatic heterocycles. The van der Waals surface area contributed by atoms with Gasteiger partial charge in [0, 0.05) is 28.2 Å². The van der Waals surface area contributed by atoms with Crippen LogP contribution < -0.4 is 10.6 Å². The molecular weight excluding hydrogens is 251 g/mol. The number of hydrogen-bond acceptors (Lipinski definition) is 2. The molecule has 0 bridgehead atoms. The molecule has 0 aliphatic rings. The van der Waals surface area contributed by atoms with Gasteiger partial charge in [-0.15, -0.1) is 0 Å². The summed E-state index contributed by atoms with van der Waals surface area (Å²) in [4.78, 5) is 0. The topological polar surface area (TPSA) is 6.48 Å². The van der Waals surface area contributed by atoms with E-state index in [1.54, 1.807) is 0 Å². The van der Waals surface area contributed by atoms with Crippen LogP contribution in [0.4, 0.5) is 0 Å². The molecule has 0 aliphatic carbocycles. The minimum atomic E-state index is -1.68. The van der Waals surface area contributed by atoms with Gasteiger partial charge in [-0.25, -0.2) is 0 Å². The monoisotopic (exact) mass is 273 g/mol. The zero-order valence-electron chi connectivity index (χ0n) is 12.1. The fourth-order valence-corrected chi connectivity index (χ4v) is 6.74. The van der Waals surface area contributed by atoms with Gasteiger partial charge >= 0.3 is 0 Å². The molecule has 2 nitrogen and oxygen atoms in total. The smallest absolute Gasteiger partial charge is 0.161 e. The van der Waals surface area contributed by atoms with Crippen molar-refractivity contribution >= 4 is 18.2 Å². The molecule has 3 heteroatoms. The van der Waals surface area contributed by atoms with Crippen molar-refractivity contribution in [3.63, 3.8) is 0 Å². The van der Waals surface area contributed by atoms with Crippen molar-refractivity contribution in [3.8, 4) is 0 Å². The van der Waals surface area contributed by atoms with E-state index in [2.05, 4.69) is 98.2 Å². The molecule has 0 atom stereocenters. The summed E-state index contributed by atoms with van der Waals surface area (Å²) in [6, 6.07) is 21.6. The zero-order valence-corrected chi connectivity index (χ0v) is 13.0. The van der Waals surface area contributed by atoms with E-state index in [0.717, 1.165) is 0 Å². The average molecular weight is 273 g/mol. The molecule has 0 radical (unpaired) electrons. The first-order valence-electron chi connectivity index (χ1n) is 6.46. The first-order valence-corrected chi connectivity index (χ1v) is 8.15. The minimum absolute atomic E-state index is 1.39. The predicted octanol–water partition coefficient (Wildman–Crippen LogP) is 2.61. The molecule has 2 aromatic rings. The van der Waals surface area contributed by atoms with Crippen LogP contribution in [0.15, 0.2) is 60.7 Å². The normalized spacial score (nSPS) is 12.1. The van der Waals surface area contributed by atoms with Crippen molar-refractivity contribution in [2.45, 2.75) is 0 Å². The maximum absolute atomic E-state index is 2.37. The first-order chi connectivity index (χ1) is 9.10. The maximum atomic E-state index is 2.37. The predicted molar refractivity (Wildman–Crippen MR) is 86.4 cm³/mol. The summed E-state index contributed by atoms with van der Waals surface area (Å²) in [5, 5.41) is 2.77. The van der Waals surface area contributed by atoms with Crippen molar-refractivity contribution in [1.82, 2.24) is 9.34 Å². The molecule has 0 heterocycles. The molecule has 0 spiro atoms. The van der Waals surface area contributed by atoms with Gasteiger partial charge in [-0.3, -0.25) is 0 Å². The molecular formula is C16H22N2P+. The van der Waals surface area contributed by atoms with E-state index < -0.39 is 7.56 Å². The summed E-state index contributed by atoms with van der Waals surface area (Å²) >= 11 is 0. The van der Waals surface area contributed by atoms with Crippen molar-refractivity contribution in [1.29, 1.82) is 0 Å². The lowest BCUT2D eigenvalue weighted by Gasteiger charge is -2.36. The fourth-order valence-electron chi connectivity index (χ4n) is 2.70. The molecule has 19 heavy (non-hydrogen) atoms. The van der Waals surface area contributed by atoms with Crippen LogP contribution in [0.2, 0.25) is 0 Å². The molecule has 100 valence electrons. The van der Waals surface area contributed by atoms with Gasteiger partial charge in [0.05, 0.1) is 0 Å². The van der Waals surface area contributed by atoms with Crippen LogP contribution in [0.25, 0.3) is 0 Å². The minimum Gasteiger partial charge on any atom is -0.161 e. The van der Waals surface area contributed by atoms with E-state index in [1.165, 1.54) is 10.6 Å². The van der Waals surface area contributed by atoms with E-state index in [4.69, 9.17) is 0 Å². The van der Waals surface area contributed by atoms with Gasteiger partial charge in [0.15, 0.2) is 0 Å². The van der Waals surface area contributed by atoms with Gasteiger partial charge in [0.1, 0.15) is 10.6 Å². The summed E-state index contributed by atoms with van der Waals surface area (Å²) in [5.74, 6) is 0. The van der Waals surface area contributed by atoms with E-state index in [9.17, 15) is 0 Å². The highest BCUT2D eigenvalue weighted by molar-refractivity contribution is 7.85. The lowest BCUT2D eigenvalue weighted by Crippen LogP contribution is -2.41. The summed E-state index contributed by atoms with van der Waals surface area (Å²) in [5.41, 5.74) is 0. The number of hydrogen-bond donors (Lipinski definition) is 0. The Morgan fingerprint density at radius 2 is 0.895 bits per heavy atom.